The van der Waals surface area contributed by atoms with E-state index in [0.29, 0.717) is 6.61 Å². The molecular weight excluding hydrogens is 212 g/mol. The smallest absolute Gasteiger partial charge is 0.308 e. The van der Waals surface area contributed by atoms with Crippen molar-refractivity contribution in [1.29, 1.82) is 0 Å². The molecule has 0 saturated heterocycles. The average molecular weight is 240 g/mol. The molecular formula is C15H28O2. The summed E-state index contributed by atoms with van der Waals surface area (Å²) in [6.45, 7) is 2.42. The van der Waals surface area contributed by atoms with Gasteiger partial charge >= 0.3 is 5.97 Å². The van der Waals surface area contributed by atoms with Crippen LogP contribution in [0.4, 0.5) is 0 Å². The van der Waals surface area contributed by atoms with Crippen LogP contribution in [0.2, 0.25) is 0 Å². The second-order valence-corrected chi connectivity index (χ2v) is 5.21. The van der Waals surface area contributed by atoms with Crippen molar-refractivity contribution in [2.75, 3.05) is 6.61 Å². The van der Waals surface area contributed by atoms with E-state index in [0.717, 1.165) is 12.8 Å². The molecule has 0 N–H and O–H groups in total. The van der Waals surface area contributed by atoms with Gasteiger partial charge in [-0.25, -0.2) is 0 Å². The van der Waals surface area contributed by atoms with Crippen LogP contribution in [0.25, 0.3) is 0 Å². The molecule has 0 aromatic rings. The highest BCUT2D eigenvalue weighted by Crippen LogP contribution is 2.22. The number of hydrogen-bond donors (Lipinski definition) is 0. The van der Waals surface area contributed by atoms with Crippen LogP contribution in [0.1, 0.15) is 77.6 Å². The van der Waals surface area contributed by atoms with Gasteiger partial charge in [-0.1, -0.05) is 57.8 Å². The van der Waals surface area contributed by atoms with Crippen LogP contribution in [0.5, 0.6) is 0 Å². The van der Waals surface area contributed by atoms with E-state index in [9.17, 15) is 4.79 Å². The van der Waals surface area contributed by atoms with Gasteiger partial charge in [-0.3, -0.25) is 4.79 Å². The summed E-state index contributed by atoms with van der Waals surface area (Å²) in [7, 11) is 0. The molecule has 0 atom stereocenters. The van der Waals surface area contributed by atoms with Crippen molar-refractivity contribution < 1.29 is 9.53 Å². The Labute approximate surface area is 106 Å². The van der Waals surface area contributed by atoms with Gasteiger partial charge < -0.3 is 4.74 Å². The number of carbonyl (C=O) groups excluding carboxylic acids is 1. The fraction of sp³-hybridized carbons (Fsp3) is 0.933. The van der Waals surface area contributed by atoms with Crippen molar-refractivity contribution >= 4 is 5.97 Å². The van der Waals surface area contributed by atoms with Crippen LogP contribution < -0.4 is 0 Å². The van der Waals surface area contributed by atoms with Gasteiger partial charge in [-0.15, -0.1) is 0 Å². The first-order valence-electron chi connectivity index (χ1n) is 7.51. The molecule has 2 heteroatoms. The standard InChI is InChI=1S/C15H28O2/c1-2-17-15(16)14-12-10-8-6-4-3-5-7-9-11-13-14/h14H,2-13H2,1H3. The number of ether oxygens (including phenoxy) is 1. The minimum Gasteiger partial charge on any atom is -0.466 e. The van der Waals surface area contributed by atoms with Gasteiger partial charge in [0.15, 0.2) is 0 Å². The van der Waals surface area contributed by atoms with Crippen molar-refractivity contribution in [3.05, 3.63) is 0 Å². The highest BCUT2D eigenvalue weighted by atomic mass is 16.5. The van der Waals surface area contributed by atoms with E-state index in [1.165, 1.54) is 57.8 Å². The molecule has 1 fully saturated rings. The lowest BCUT2D eigenvalue weighted by Crippen LogP contribution is -2.18. The summed E-state index contributed by atoms with van der Waals surface area (Å²) in [6.07, 6.45) is 13.9. The molecule has 1 aliphatic rings. The fourth-order valence-electron chi connectivity index (χ4n) is 2.66. The van der Waals surface area contributed by atoms with Crippen LogP contribution in [0.3, 0.4) is 0 Å². The Morgan fingerprint density at radius 3 is 1.71 bits per heavy atom. The first-order valence-corrected chi connectivity index (χ1v) is 7.51. The molecule has 0 spiro atoms. The van der Waals surface area contributed by atoms with Crippen LogP contribution >= 0.6 is 0 Å². The molecule has 1 rings (SSSR count). The molecule has 0 aromatic carbocycles. The Morgan fingerprint density at radius 2 is 1.29 bits per heavy atom. The van der Waals surface area contributed by atoms with Crippen LogP contribution in [-0.4, -0.2) is 12.6 Å². The zero-order valence-corrected chi connectivity index (χ0v) is 11.4. The molecule has 1 aliphatic carbocycles. The number of rotatable bonds is 2. The van der Waals surface area contributed by atoms with E-state index in [-0.39, 0.29) is 11.9 Å². The van der Waals surface area contributed by atoms with Crippen molar-refractivity contribution in [2.24, 2.45) is 5.92 Å². The molecule has 0 bridgehead atoms. The van der Waals surface area contributed by atoms with Gasteiger partial charge in [0.25, 0.3) is 0 Å². The lowest BCUT2D eigenvalue weighted by Gasteiger charge is -2.16. The summed E-state index contributed by atoms with van der Waals surface area (Å²) in [5.41, 5.74) is 0. The maximum absolute atomic E-state index is 11.8. The SMILES string of the molecule is CCOC(=O)C1CCCCCCCCCCC1. The molecule has 0 aliphatic heterocycles. The molecule has 0 aromatic heterocycles. The number of hydrogen-bond acceptors (Lipinski definition) is 2. The third-order valence-electron chi connectivity index (χ3n) is 3.73. The monoisotopic (exact) mass is 240 g/mol. The normalized spacial score (nSPS) is 21.2. The molecule has 0 unspecified atom stereocenters. The lowest BCUT2D eigenvalue weighted by atomic mass is 9.93. The first-order chi connectivity index (χ1) is 8.34. The Bertz CT molecular complexity index is 189. The Balaban J connectivity index is 2.34. The van der Waals surface area contributed by atoms with Crippen molar-refractivity contribution in [2.45, 2.75) is 77.6 Å². The van der Waals surface area contributed by atoms with E-state index in [2.05, 4.69) is 0 Å². The predicted octanol–water partition coefficient (Wildman–Crippen LogP) is 4.47. The second kappa shape index (κ2) is 9.49. The summed E-state index contributed by atoms with van der Waals surface area (Å²) in [5.74, 6) is 0.221. The van der Waals surface area contributed by atoms with E-state index in [1.54, 1.807) is 0 Å². The fourth-order valence-corrected chi connectivity index (χ4v) is 2.66. The summed E-state index contributed by atoms with van der Waals surface area (Å²) in [5, 5.41) is 0. The largest absolute Gasteiger partial charge is 0.466 e. The molecule has 17 heavy (non-hydrogen) atoms. The number of esters is 1. The molecule has 2 nitrogen and oxygen atoms in total. The molecule has 1 saturated carbocycles. The first kappa shape index (κ1) is 14.5. The van der Waals surface area contributed by atoms with E-state index in [1.807, 2.05) is 6.92 Å². The zero-order chi connectivity index (χ0) is 12.3. The molecule has 0 heterocycles. The lowest BCUT2D eigenvalue weighted by molar-refractivity contribution is -0.148. The van der Waals surface area contributed by atoms with Gasteiger partial charge in [0.1, 0.15) is 0 Å². The summed E-state index contributed by atoms with van der Waals surface area (Å²) in [6, 6.07) is 0. The van der Waals surface area contributed by atoms with Gasteiger partial charge in [-0.2, -0.15) is 0 Å². The average Bonchev–Trinajstić information content (AvgIpc) is 2.30. The Hall–Kier alpha value is -0.530. The van der Waals surface area contributed by atoms with E-state index < -0.39 is 0 Å². The van der Waals surface area contributed by atoms with Gasteiger partial charge in [0, 0.05) is 0 Å². The summed E-state index contributed by atoms with van der Waals surface area (Å²) in [4.78, 5) is 11.8. The van der Waals surface area contributed by atoms with Crippen molar-refractivity contribution in [3.8, 4) is 0 Å². The van der Waals surface area contributed by atoms with Gasteiger partial charge in [0.2, 0.25) is 0 Å². The van der Waals surface area contributed by atoms with Crippen molar-refractivity contribution in [1.82, 2.24) is 0 Å². The van der Waals surface area contributed by atoms with Crippen molar-refractivity contribution in [3.63, 3.8) is 0 Å². The quantitative estimate of drug-likeness (QED) is 0.666. The molecule has 100 valence electrons. The predicted molar refractivity (Wildman–Crippen MR) is 70.9 cm³/mol. The minimum atomic E-state index is 0.0459. The maximum Gasteiger partial charge on any atom is 0.308 e. The summed E-state index contributed by atoms with van der Waals surface area (Å²) >= 11 is 0. The Kier molecular flexibility index (Phi) is 8.12. The van der Waals surface area contributed by atoms with Crippen LogP contribution in [0.15, 0.2) is 0 Å². The molecule has 0 amide bonds. The minimum absolute atomic E-state index is 0.0459. The third-order valence-corrected chi connectivity index (χ3v) is 3.73. The second-order valence-electron chi connectivity index (χ2n) is 5.21. The maximum atomic E-state index is 11.8. The summed E-state index contributed by atoms with van der Waals surface area (Å²) < 4.78 is 5.17. The zero-order valence-electron chi connectivity index (χ0n) is 11.4. The van der Waals surface area contributed by atoms with Gasteiger partial charge in [0.05, 0.1) is 12.5 Å². The Morgan fingerprint density at radius 1 is 0.882 bits per heavy atom. The topological polar surface area (TPSA) is 26.3 Å². The van der Waals surface area contributed by atoms with E-state index in [4.69, 9.17) is 4.74 Å². The highest BCUT2D eigenvalue weighted by molar-refractivity contribution is 5.72. The third kappa shape index (κ3) is 6.70. The van der Waals surface area contributed by atoms with E-state index >= 15 is 0 Å². The van der Waals surface area contributed by atoms with Crippen LogP contribution in [-0.2, 0) is 9.53 Å². The number of carbonyl (C=O) groups is 1. The molecule has 0 radical (unpaired) electrons. The van der Waals surface area contributed by atoms with Gasteiger partial charge in [-0.05, 0) is 19.8 Å². The highest BCUT2D eigenvalue weighted by Gasteiger charge is 2.18. The van der Waals surface area contributed by atoms with Crippen LogP contribution in [0, 0.1) is 5.92 Å².